The normalized spacial score (nSPS) is 18.4. The maximum Gasteiger partial charge on any atom is 0.326 e. The van der Waals surface area contributed by atoms with Gasteiger partial charge in [-0.25, -0.2) is 4.79 Å². The highest BCUT2D eigenvalue weighted by atomic mass is 32.2. The third-order valence-corrected chi connectivity index (χ3v) is 7.19. The number of fused-ring (bicyclic) bond motifs is 2. The second kappa shape index (κ2) is 9.23. The highest BCUT2D eigenvalue weighted by Gasteiger charge is 2.40. The molecular formula is C26H22N2O5S. The van der Waals surface area contributed by atoms with Crippen molar-refractivity contribution < 1.29 is 24.2 Å². The average Bonchev–Trinajstić information content (AvgIpc) is 3.32. The highest BCUT2D eigenvalue weighted by molar-refractivity contribution is 7.99. The number of amides is 2. The monoisotopic (exact) mass is 474 g/mol. The number of nitrogens with zero attached hydrogens (tertiary/aromatic N) is 1. The minimum Gasteiger partial charge on any atom is -0.480 e. The van der Waals surface area contributed by atoms with E-state index in [1.54, 1.807) is 23.9 Å². The van der Waals surface area contributed by atoms with Crippen LogP contribution in [-0.4, -0.2) is 46.9 Å². The number of carboxylic acids is 1. The molecule has 0 radical (unpaired) electrons. The van der Waals surface area contributed by atoms with Crippen LogP contribution in [0, 0.1) is 0 Å². The number of carbonyl (C=O) groups excluding carboxylic acids is 2. The molecule has 5 rings (SSSR count). The van der Waals surface area contributed by atoms with E-state index in [9.17, 15) is 19.5 Å². The molecule has 2 N–H and O–H groups in total. The Morgan fingerprint density at radius 2 is 1.71 bits per heavy atom. The van der Waals surface area contributed by atoms with Crippen LogP contribution in [0.3, 0.4) is 0 Å². The lowest BCUT2D eigenvalue weighted by Gasteiger charge is -2.22. The fourth-order valence-electron chi connectivity index (χ4n) is 4.34. The van der Waals surface area contributed by atoms with E-state index < -0.39 is 23.8 Å². The fourth-order valence-corrected chi connectivity index (χ4v) is 5.27. The molecule has 34 heavy (non-hydrogen) atoms. The number of carboxylic acid groups (broad SMARTS) is 1. The highest BCUT2D eigenvalue weighted by Crippen LogP contribution is 2.46. The van der Waals surface area contributed by atoms with Gasteiger partial charge in [-0.2, -0.15) is 0 Å². The topological polar surface area (TPSA) is 95.9 Å². The van der Waals surface area contributed by atoms with Gasteiger partial charge in [-0.05, 0) is 42.3 Å². The summed E-state index contributed by atoms with van der Waals surface area (Å²) in [6.07, 6.45) is 0.348. The number of nitrogens with one attached hydrogen (secondary N) is 1. The molecule has 2 aliphatic heterocycles. The van der Waals surface area contributed by atoms with E-state index >= 15 is 0 Å². The minimum absolute atomic E-state index is 0.0554. The van der Waals surface area contributed by atoms with Crippen LogP contribution in [0.25, 0.3) is 0 Å². The van der Waals surface area contributed by atoms with Crippen LogP contribution in [0.15, 0.2) is 82.6 Å². The van der Waals surface area contributed by atoms with Crippen molar-refractivity contribution >= 4 is 29.5 Å². The standard InChI is InChI=1S/C26H22N2O5S/c29-24(28-15-18(12-19(28)26(31)32)16-6-2-1-3-7-16)14-27-25(30)17-10-11-23-21(13-17)33-20-8-4-5-9-22(20)34-23/h1-11,13,18-19H,12,14-15H2,(H,27,30)(H,31,32)/t18-,19+/m1/s1. The maximum atomic E-state index is 12.9. The third kappa shape index (κ3) is 4.36. The van der Waals surface area contributed by atoms with Gasteiger partial charge < -0.3 is 20.1 Å². The number of para-hydroxylation sites is 1. The zero-order valence-electron chi connectivity index (χ0n) is 18.1. The van der Waals surface area contributed by atoms with Crippen molar-refractivity contribution in [2.75, 3.05) is 13.1 Å². The first-order valence-corrected chi connectivity index (χ1v) is 11.8. The van der Waals surface area contributed by atoms with Crippen LogP contribution < -0.4 is 10.1 Å². The Balaban J connectivity index is 1.24. The van der Waals surface area contributed by atoms with E-state index in [-0.39, 0.29) is 12.5 Å². The molecule has 0 aliphatic carbocycles. The average molecular weight is 475 g/mol. The summed E-state index contributed by atoms with van der Waals surface area (Å²) < 4.78 is 5.93. The number of hydrogen-bond donors (Lipinski definition) is 2. The number of hydrogen-bond acceptors (Lipinski definition) is 5. The van der Waals surface area contributed by atoms with Crippen LogP contribution in [-0.2, 0) is 9.59 Å². The second-order valence-corrected chi connectivity index (χ2v) is 9.32. The lowest BCUT2D eigenvalue weighted by atomic mass is 9.96. The van der Waals surface area contributed by atoms with Crippen LogP contribution in [0.2, 0.25) is 0 Å². The summed E-state index contributed by atoms with van der Waals surface area (Å²) in [5.74, 6) is -0.622. The van der Waals surface area contributed by atoms with Gasteiger partial charge in [0.15, 0.2) is 0 Å². The Labute approximate surface area is 200 Å². The van der Waals surface area contributed by atoms with Gasteiger partial charge in [0.25, 0.3) is 5.91 Å². The first kappa shape index (κ1) is 22.0. The molecule has 1 saturated heterocycles. The molecule has 172 valence electrons. The third-order valence-electron chi connectivity index (χ3n) is 6.07. The smallest absolute Gasteiger partial charge is 0.326 e. The van der Waals surface area contributed by atoms with Crippen molar-refractivity contribution in [3.8, 4) is 11.5 Å². The number of aliphatic carboxylic acids is 1. The Hall–Kier alpha value is -3.78. The molecule has 0 saturated carbocycles. The number of likely N-dealkylation sites (tertiary alicyclic amines) is 1. The molecule has 8 heteroatoms. The van der Waals surface area contributed by atoms with E-state index in [1.165, 1.54) is 4.90 Å². The molecule has 3 aromatic rings. The van der Waals surface area contributed by atoms with Gasteiger partial charge in [0.2, 0.25) is 5.91 Å². The van der Waals surface area contributed by atoms with Gasteiger partial charge in [-0.1, -0.05) is 54.2 Å². The molecule has 0 bridgehead atoms. The molecular weight excluding hydrogens is 452 g/mol. The van der Waals surface area contributed by atoms with Crippen LogP contribution in [0.1, 0.15) is 28.3 Å². The van der Waals surface area contributed by atoms with Crippen LogP contribution >= 0.6 is 11.8 Å². The first-order valence-electron chi connectivity index (χ1n) is 10.9. The molecule has 0 unspecified atom stereocenters. The predicted octanol–water partition coefficient (Wildman–Crippen LogP) is 4.14. The summed E-state index contributed by atoms with van der Waals surface area (Å²) in [6.45, 7) is 0.0264. The fraction of sp³-hybridized carbons (Fsp3) is 0.192. The molecule has 1 fully saturated rings. The van der Waals surface area contributed by atoms with Gasteiger partial charge in [0.05, 0.1) is 16.3 Å². The molecule has 2 atom stereocenters. The number of ether oxygens (including phenoxy) is 1. The van der Waals surface area contributed by atoms with Gasteiger partial charge in [-0.15, -0.1) is 0 Å². The number of rotatable bonds is 5. The largest absolute Gasteiger partial charge is 0.480 e. The van der Waals surface area contributed by atoms with Crippen LogP contribution in [0.4, 0.5) is 0 Å². The number of carbonyl (C=O) groups is 3. The van der Waals surface area contributed by atoms with Gasteiger partial charge in [0, 0.05) is 18.0 Å². The minimum atomic E-state index is -1.04. The Morgan fingerprint density at radius 3 is 2.50 bits per heavy atom. The SMILES string of the molecule is O=C(NCC(=O)N1C[C@H](c2ccccc2)C[C@H]1C(=O)O)c1ccc2c(c1)Oc1ccccc1S2. The molecule has 0 aromatic heterocycles. The Morgan fingerprint density at radius 1 is 0.971 bits per heavy atom. The van der Waals surface area contributed by atoms with Gasteiger partial charge >= 0.3 is 5.97 Å². The molecule has 7 nitrogen and oxygen atoms in total. The van der Waals surface area contributed by atoms with E-state index in [1.807, 2.05) is 60.7 Å². The summed E-state index contributed by atoms with van der Waals surface area (Å²) in [6, 6.07) is 21.5. The van der Waals surface area contributed by atoms with E-state index in [0.29, 0.717) is 24.3 Å². The summed E-state index contributed by atoms with van der Waals surface area (Å²) in [5, 5.41) is 12.3. The lowest BCUT2D eigenvalue weighted by Crippen LogP contribution is -2.45. The molecule has 0 spiro atoms. The Bertz CT molecular complexity index is 1260. The summed E-state index contributed by atoms with van der Waals surface area (Å²) >= 11 is 1.57. The molecule has 3 aromatic carbocycles. The van der Waals surface area contributed by atoms with Crippen LogP contribution in [0.5, 0.6) is 11.5 Å². The second-order valence-electron chi connectivity index (χ2n) is 8.24. The zero-order valence-corrected chi connectivity index (χ0v) is 19.0. The zero-order chi connectivity index (χ0) is 23.7. The lowest BCUT2D eigenvalue weighted by molar-refractivity contribution is -0.147. The van der Waals surface area contributed by atoms with Crippen molar-refractivity contribution in [1.82, 2.24) is 10.2 Å². The van der Waals surface area contributed by atoms with E-state index in [2.05, 4.69) is 5.32 Å². The van der Waals surface area contributed by atoms with Crippen molar-refractivity contribution in [3.63, 3.8) is 0 Å². The summed E-state index contributed by atoms with van der Waals surface area (Å²) in [4.78, 5) is 40.6. The molecule has 2 aliphatic rings. The first-order chi connectivity index (χ1) is 16.5. The number of benzene rings is 3. The summed E-state index contributed by atoms with van der Waals surface area (Å²) in [5.41, 5.74) is 1.37. The van der Waals surface area contributed by atoms with Gasteiger partial charge in [0.1, 0.15) is 17.5 Å². The molecule has 2 amide bonds. The predicted molar refractivity (Wildman–Crippen MR) is 126 cm³/mol. The maximum absolute atomic E-state index is 12.9. The Kier molecular flexibility index (Phi) is 5.98. The van der Waals surface area contributed by atoms with Crippen molar-refractivity contribution in [3.05, 3.63) is 83.9 Å². The molecule has 2 heterocycles. The van der Waals surface area contributed by atoms with E-state index in [4.69, 9.17) is 4.74 Å². The van der Waals surface area contributed by atoms with Crippen molar-refractivity contribution in [1.29, 1.82) is 0 Å². The van der Waals surface area contributed by atoms with Gasteiger partial charge in [-0.3, -0.25) is 9.59 Å². The quantitative estimate of drug-likeness (QED) is 0.451. The van der Waals surface area contributed by atoms with Crippen molar-refractivity contribution in [2.45, 2.75) is 28.2 Å². The summed E-state index contributed by atoms with van der Waals surface area (Å²) in [7, 11) is 0. The van der Waals surface area contributed by atoms with E-state index in [0.717, 1.165) is 21.1 Å². The van der Waals surface area contributed by atoms with Crippen molar-refractivity contribution in [2.24, 2.45) is 0 Å².